The molecule has 220 valence electrons. The second-order valence-electron chi connectivity index (χ2n) is 11.8. The number of esters is 1. The lowest BCUT2D eigenvalue weighted by Gasteiger charge is -2.31. The van der Waals surface area contributed by atoms with Crippen LogP contribution >= 0.6 is 11.8 Å². The van der Waals surface area contributed by atoms with Gasteiger partial charge in [-0.2, -0.15) is 0 Å². The first-order valence-corrected chi connectivity index (χ1v) is 15.4. The molecule has 1 fully saturated rings. The predicted molar refractivity (Wildman–Crippen MR) is 164 cm³/mol. The van der Waals surface area contributed by atoms with E-state index >= 15 is 0 Å². The molecule has 1 saturated heterocycles. The van der Waals surface area contributed by atoms with E-state index in [2.05, 4.69) is 53.9 Å². The number of ether oxygens (including phenoxy) is 2. The highest BCUT2D eigenvalue weighted by Crippen LogP contribution is 2.48. The van der Waals surface area contributed by atoms with E-state index < -0.39 is 34.5 Å². The van der Waals surface area contributed by atoms with E-state index in [1.807, 2.05) is 18.2 Å². The number of allylic oxidation sites excluding steroid dienone is 1. The molecule has 2 amide bonds. The third kappa shape index (κ3) is 7.94. The van der Waals surface area contributed by atoms with Crippen LogP contribution in [0.4, 0.5) is 4.79 Å². The maximum absolute atomic E-state index is 14.1. The molecule has 2 heterocycles. The van der Waals surface area contributed by atoms with Crippen molar-refractivity contribution < 1.29 is 23.9 Å². The molecular formula is C33H42N2O5S. The molecule has 2 aromatic rings. The molecule has 2 aliphatic rings. The van der Waals surface area contributed by atoms with Gasteiger partial charge in [0, 0.05) is 12.3 Å². The molecule has 0 saturated carbocycles. The summed E-state index contributed by atoms with van der Waals surface area (Å²) in [5.74, 6) is 0.0375. The molecular weight excluding hydrogens is 536 g/mol. The van der Waals surface area contributed by atoms with E-state index in [0.29, 0.717) is 19.4 Å². The first kappa shape index (κ1) is 30.7. The number of nitrogens with zero attached hydrogens (tertiary/aromatic N) is 1. The lowest BCUT2D eigenvalue weighted by atomic mass is 9.93. The molecule has 0 radical (unpaired) electrons. The monoisotopic (exact) mass is 578 g/mol. The zero-order valence-corrected chi connectivity index (χ0v) is 25.4. The van der Waals surface area contributed by atoms with Crippen molar-refractivity contribution >= 4 is 29.7 Å². The summed E-state index contributed by atoms with van der Waals surface area (Å²) < 4.78 is 10.2. The van der Waals surface area contributed by atoms with Crippen molar-refractivity contribution in [3.8, 4) is 11.1 Å². The number of rotatable bonds is 4. The molecule has 0 aromatic heterocycles. The van der Waals surface area contributed by atoms with Gasteiger partial charge in [-0.15, -0.1) is 11.8 Å². The van der Waals surface area contributed by atoms with Crippen LogP contribution in [0.2, 0.25) is 0 Å². The summed E-state index contributed by atoms with van der Waals surface area (Å²) in [6, 6.07) is 17.1. The number of benzene rings is 2. The summed E-state index contributed by atoms with van der Waals surface area (Å²) in [6.45, 7) is 5.70. The number of nitrogens with one attached hydrogen (secondary N) is 1. The minimum absolute atomic E-state index is 0.276. The second kappa shape index (κ2) is 13.6. The van der Waals surface area contributed by atoms with Crippen molar-refractivity contribution in [3.63, 3.8) is 0 Å². The lowest BCUT2D eigenvalue weighted by Crippen LogP contribution is -2.52. The van der Waals surface area contributed by atoms with Crippen molar-refractivity contribution in [2.45, 2.75) is 81.7 Å². The van der Waals surface area contributed by atoms with Crippen molar-refractivity contribution in [1.29, 1.82) is 0 Å². The van der Waals surface area contributed by atoms with Crippen molar-refractivity contribution in [2.24, 2.45) is 0 Å². The number of thioether (sulfide) groups is 1. The maximum Gasteiger partial charge on any atom is 0.408 e. The highest BCUT2D eigenvalue weighted by atomic mass is 32.2. The van der Waals surface area contributed by atoms with Gasteiger partial charge in [-0.1, -0.05) is 79.6 Å². The Morgan fingerprint density at radius 1 is 0.976 bits per heavy atom. The summed E-state index contributed by atoms with van der Waals surface area (Å²) >= 11 is 1.75. The molecule has 1 N–H and O–H groups in total. The van der Waals surface area contributed by atoms with E-state index in [1.54, 1.807) is 37.4 Å². The first-order valence-electron chi connectivity index (χ1n) is 14.4. The van der Waals surface area contributed by atoms with Crippen LogP contribution in [0, 0.1) is 0 Å². The number of carbonyl (C=O) groups is 3. The minimum atomic E-state index is -0.795. The lowest BCUT2D eigenvalue weighted by molar-refractivity contribution is -0.151. The van der Waals surface area contributed by atoms with Crippen LogP contribution in [0.3, 0.4) is 0 Å². The smallest absolute Gasteiger partial charge is 0.408 e. The fourth-order valence-electron chi connectivity index (χ4n) is 5.53. The zero-order chi connectivity index (χ0) is 29.5. The number of amides is 2. The van der Waals surface area contributed by atoms with Gasteiger partial charge in [0.05, 0.1) is 11.9 Å². The largest absolute Gasteiger partial charge is 0.467 e. The van der Waals surface area contributed by atoms with Gasteiger partial charge in [0.2, 0.25) is 5.91 Å². The van der Waals surface area contributed by atoms with E-state index in [-0.39, 0.29) is 5.91 Å². The van der Waals surface area contributed by atoms with Gasteiger partial charge < -0.3 is 19.7 Å². The fourth-order valence-corrected chi connectivity index (χ4v) is 6.89. The molecule has 2 aliphatic heterocycles. The summed E-state index contributed by atoms with van der Waals surface area (Å²) in [6.07, 6.45) is 8.37. The quantitative estimate of drug-likeness (QED) is 0.331. The van der Waals surface area contributed by atoms with Gasteiger partial charge in [-0.05, 0) is 63.1 Å². The average Bonchev–Trinajstić information content (AvgIpc) is 3.35. The van der Waals surface area contributed by atoms with Crippen molar-refractivity contribution in [2.75, 3.05) is 19.4 Å². The molecule has 4 rings (SSSR count). The van der Waals surface area contributed by atoms with E-state index in [4.69, 9.17) is 9.47 Å². The molecule has 0 spiro atoms. The maximum atomic E-state index is 14.1. The summed E-state index contributed by atoms with van der Waals surface area (Å²) in [7, 11) is 1.36. The number of alkyl carbamates (subject to hydrolysis) is 1. The minimum Gasteiger partial charge on any atom is -0.467 e. The molecule has 2 aromatic carbocycles. The molecule has 2 bridgehead atoms. The van der Waals surface area contributed by atoms with Crippen LogP contribution in [0.25, 0.3) is 11.1 Å². The van der Waals surface area contributed by atoms with Gasteiger partial charge in [0.15, 0.2) is 0 Å². The molecule has 0 aliphatic carbocycles. The predicted octanol–water partition coefficient (Wildman–Crippen LogP) is 6.47. The topological polar surface area (TPSA) is 84.9 Å². The second-order valence-corrected chi connectivity index (χ2v) is 13.2. The Labute approximate surface area is 248 Å². The first-order chi connectivity index (χ1) is 19.6. The van der Waals surface area contributed by atoms with Gasteiger partial charge in [-0.25, -0.2) is 9.59 Å². The third-order valence-electron chi connectivity index (χ3n) is 7.57. The molecule has 3 unspecified atom stereocenters. The van der Waals surface area contributed by atoms with Crippen LogP contribution in [-0.4, -0.2) is 60.0 Å². The van der Waals surface area contributed by atoms with Crippen LogP contribution in [0.15, 0.2) is 66.7 Å². The normalized spacial score (nSPS) is 24.7. The van der Waals surface area contributed by atoms with Gasteiger partial charge in [-0.3, -0.25) is 4.79 Å². The Morgan fingerprint density at radius 3 is 2.37 bits per heavy atom. The molecule has 8 heteroatoms. The SMILES string of the molecule is COC(=O)C1CC2(c3ccc(-c4ccccc4)cc3)CN1C(=O)C(NC(=O)OC(C)(C)C)CCCCC/C=C\CS2. The summed E-state index contributed by atoms with van der Waals surface area (Å²) in [4.78, 5) is 41.6. The summed E-state index contributed by atoms with van der Waals surface area (Å²) in [5, 5.41) is 2.82. The standard InChI is InChI=1S/C33H42N2O5S/c1-32(2,3)40-31(38)34-27-16-12-7-5-6-8-13-21-41-33(22-28(30(37)39-4)35(23-33)29(27)36)26-19-17-25(18-20-26)24-14-10-9-11-15-24/h8-11,13-15,17-20,27-28H,5-7,12,16,21-23H2,1-4H3,(H,34,38)/b13-8-. The zero-order valence-electron chi connectivity index (χ0n) is 24.6. The number of methoxy groups -OCH3 is 1. The molecule has 3 atom stereocenters. The Balaban J connectivity index is 1.69. The van der Waals surface area contributed by atoms with Crippen LogP contribution in [-0.2, 0) is 23.8 Å². The molecule has 7 nitrogen and oxygen atoms in total. The van der Waals surface area contributed by atoms with Crippen LogP contribution < -0.4 is 5.32 Å². The highest BCUT2D eigenvalue weighted by molar-refractivity contribution is 8.00. The fraction of sp³-hybridized carbons (Fsp3) is 0.485. The number of hydrogen-bond donors (Lipinski definition) is 1. The Bertz CT molecular complexity index is 1220. The van der Waals surface area contributed by atoms with Crippen LogP contribution in [0.1, 0.15) is 64.9 Å². The third-order valence-corrected chi connectivity index (χ3v) is 9.02. The number of hydrogen-bond acceptors (Lipinski definition) is 6. The average molecular weight is 579 g/mol. The van der Waals surface area contributed by atoms with Crippen LogP contribution in [0.5, 0.6) is 0 Å². The van der Waals surface area contributed by atoms with E-state index in [0.717, 1.165) is 48.1 Å². The summed E-state index contributed by atoms with van der Waals surface area (Å²) in [5.41, 5.74) is 2.60. The van der Waals surface area contributed by atoms with E-state index in [9.17, 15) is 14.4 Å². The Morgan fingerprint density at radius 2 is 1.68 bits per heavy atom. The van der Waals surface area contributed by atoms with Crippen molar-refractivity contribution in [3.05, 3.63) is 72.3 Å². The van der Waals surface area contributed by atoms with Gasteiger partial charge in [0.1, 0.15) is 17.7 Å². The Hall–Kier alpha value is -3.26. The Kier molecular flexibility index (Phi) is 10.2. The van der Waals surface area contributed by atoms with Gasteiger partial charge in [0.25, 0.3) is 0 Å². The highest BCUT2D eigenvalue weighted by Gasteiger charge is 2.51. The molecule has 41 heavy (non-hydrogen) atoms. The van der Waals surface area contributed by atoms with Crippen molar-refractivity contribution in [1.82, 2.24) is 10.2 Å². The number of carbonyl (C=O) groups excluding carboxylic acids is 3. The number of fused-ring (bicyclic) bond motifs is 2. The van der Waals surface area contributed by atoms with Gasteiger partial charge >= 0.3 is 12.1 Å². The van der Waals surface area contributed by atoms with E-state index in [1.165, 1.54) is 7.11 Å².